The summed E-state index contributed by atoms with van der Waals surface area (Å²) in [5, 5.41) is 0.788. The van der Waals surface area contributed by atoms with Crippen LogP contribution in [0.4, 0.5) is 5.69 Å². The van der Waals surface area contributed by atoms with Gasteiger partial charge >= 0.3 is 0 Å². The van der Waals surface area contributed by atoms with Crippen molar-refractivity contribution < 1.29 is 0 Å². The molecule has 1 heterocycles. The lowest BCUT2D eigenvalue weighted by Gasteiger charge is -2.25. The van der Waals surface area contributed by atoms with Gasteiger partial charge < -0.3 is 9.88 Å². The average molecular weight is 417 g/mol. The van der Waals surface area contributed by atoms with Gasteiger partial charge in [-0.3, -0.25) is 4.79 Å². The Bertz CT molecular complexity index is 1140. The van der Waals surface area contributed by atoms with E-state index < -0.39 is 0 Å². The van der Waals surface area contributed by atoms with Gasteiger partial charge in [0.25, 0.3) is 0 Å². The Morgan fingerprint density at radius 2 is 1.48 bits per heavy atom. The summed E-state index contributed by atoms with van der Waals surface area (Å²) in [7, 11) is 2.01. The number of nitrogens with zero attached hydrogens (tertiary/aromatic N) is 1. The van der Waals surface area contributed by atoms with Crippen molar-refractivity contribution >= 4 is 22.3 Å². The second-order valence-corrected chi connectivity index (χ2v) is 8.23. The normalized spacial score (nSPS) is 11.2. The number of aromatic amines is 1. The van der Waals surface area contributed by atoms with Gasteiger partial charge in [-0.15, -0.1) is 0 Å². The first-order valence-corrected chi connectivity index (χ1v) is 11.6. The molecule has 0 saturated carbocycles. The standard InChI is InChI=1S/C28H36N2O/c1-8-19-13-22(11-4)27-26(14-19)29-17-25(28(27)31)18(6)30(7)23-15-20(9-2)24(12-5)21(10-3)16-23/h13-17H,6,8-12H2,1-5,7H3,(H,29,31). The molecular weight excluding hydrogens is 380 g/mol. The molecule has 0 radical (unpaired) electrons. The Balaban J connectivity index is 2.11. The van der Waals surface area contributed by atoms with Crippen LogP contribution in [0.2, 0.25) is 0 Å². The molecule has 164 valence electrons. The fourth-order valence-corrected chi connectivity index (χ4v) is 4.59. The molecule has 3 rings (SSSR count). The largest absolute Gasteiger partial charge is 0.360 e. The summed E-state index contributed by atoms with van der Waals surface area (Å²) in [6.45, 7) is 15.2. The minimum absolute atomic E-state index is 0.0571. The minimum Gasteiger partial charge on any atom is -0.360 e. The number of aryl methyl sites for hydroxylation is 4. The number of benzene rings is 2. The third-order valence-corrected chi connectivity index (χ3v) is 6.55. The zero-order valence-electron chi connectivity index (χ0n) is 20.0. The summed E-state index contributed by atoms with van der Waals surface area (Å²) in [6, 6.07) is 8.77. The number of H-pyrrole nitrogens is 1. The summed E-state index contributed by atoms with van der Waals surface area (Å²) < 4.78 is 0. The fraction of sp³-hybridized carbons (Fsp3) is 0.393. The zero-order valence-corrected chi connectivity index (χ0v) is 20.0. The predicted molar refractivity (Wildman–Crippen MR) is 135 cm³/mol. The highest BCUT2D eigenvalue weighted by molar-refractivity contribution is 5.88. The Hall–Kier alpha value is -2.81. The van der Waals surface area contributed by atoms with E-state index in [1.165, 1.54) is 22.3 Å². The molecule has 0 unspecified atom stereocenters. The van der Waals surface area contributed by atoms with Crippen LogP contribution in [0.1, 0.15) is 68.0 Å². The number of anilines is 1. The van der Waals surface area contributed by atoms with Crippen LogP contribution in [-0.2, 0) is 32.1 Å². The summed E-state index contributed by atoms with van der Waals surface area (Å²) >= 11 is 0. The lowest BCUT2D eigenvalue weighted by molar-refractivity contribution is 0.977. The highest BCUT2D eigenvalue weighted by Crippen LogP contribution is 2.29. The molecule has 3 heteroatoms. The van der Waals surface area contributed by atoms with E-state index in [0.717, 1.165) is 60.0 Å². The third-order valence-electron chi connectivity index (χ3n) is 6.55. The van der Waals surface area contributed by atoms with Crippen LogP contribution in [0.25, 0.3) is 16.6 Å². The summed E-state index contributed by atoms with van der Waals surface area (Å²) in [5.74, 6) is 0. The van der Waals surface area contributed by atoms with E-state index in [-0.39, 0.29) is 5.43 Å². The average Bonchev–Trinajstić information content (AvgIpc) is 2.81. The van der Waals surface area contributed by atoms with Crippen molar-refractivity contribution in [2.24, 2.45) is 0 Å². The van der Waals surface area contributed by atoms with Crippen molar-refractivity contribution in [1.29, 1.82) is 0 Å². The van der Waals surface area contributed by atoms with Crippen LogP contribution >= 0.6 is 0 Å². The first kappa shape index (κ1) is 22.9. The van der Waals surface area contributed by atoms with Crippen LogP contribution in [0.3, 0.4) is 0 Å². The molecule has 1 aromatic heterocycles. The molecule has 0 bridgehead atoms. The van der Waals surface area contributed by atoms with E-state index in [0.29, 0.717) is 5.56 Å². The molecule has 0 fully saturated rings. The Kier molecular flexibility index (Phi) is 7.04. The van der Waals surface area contributed by atoms with Crippen LogP contribution in [0, 0.1) is 0 Å². The molecule has 0 atom stereocenters. The Labute approximate surface area is 186 Å². The van der Waals surface area contributed by atoms with E-state index in [9.17, 15) is 4.79 Å². The van der Waals surface area contributed by atoms with Gasteiger partial charge in [-0.1, -0.05) is 47.3 Å². The molecule has 0 aliphatic heterocycles. The van der Waals surface area contributed by atoms with Crippen LogP contribution in [0.5, 0.6) is 0 Å². The highest BCUT2D eigenvalue weighted by Gasteiger charge is 2.17. The van der Waals surface area contributed by atoms with Crippen molar-refractivity contribution in [2.75, 3.05) is 11.9 Å². The summed E-state index contributed by atoms with van der Waals surface area (Å²) in [6.07, 6.45) is 6.65. The maximum absolute atomic E-state index is 13.5. The molecule has 1 N–H and O–H groups in total. The highest BCUT2D eigenvalue weighted by atomic mass is 16.1. The molecule has 0 spiro atoms. The number of nitrogens with one attached hydrogen (secondary N) is 1. The number of aromatic nitrogens is 1. The topological polar surface area (TPSA) is 36.1 Å². The van der Waals surface area contributed by atoms with Gasteiger partial charge in [0.1, 0.15) is 0 Å². The summed E-state index contributed by atoms with van der Waals surface area (Å²) in [5.41, 5.74) is 9.97. The number of rotatable bonds is 8. The van der Waals surface area contributed by atoms with Gasteiger partial charge in [-0.2, -0.15) is 0 Å². The zero-order chi connectivity index (χ0) is 22.7. The van der Waals surface area contributed by atoms with Crippen molar-refractivity contribution in [2.45, 2.75) is 66.7 Å². The van der Waals surface area contributed by atoms with Gasteiger partial charge in [0.15, 0.2) is 5.43 Å². The van der Waals surface area contributed by atoms with Crippen molar-refractivity contribution in [1.82, 2.24) is 4.98 Å². The van der Waals surface area contributed by atoms with E-state index >= 15 is 0 Å². The lowest BCUT2D eigenvalue weighted by Crippen LogP contribution is -2.21. The van der Waals surface area contributed by atoms with Crippen molar-refractivity contribution in [3.63, 3.8) is 0 Å². The van der Waals surface area contributed by atoms with E-state index in [1.54, 1.807) is 0 Å². The van der Waals surface area contributed by atoms with Crippen LogP contribution < -0.4 is 10.3 Å². The summed E-state index contributed by atoms with van der Waals surface area (Å²) in [4.78, 5) is 19.0. The first-order chi connectivity index (χ1) is 14.9. The van der Waals surface area contributed by atoms with Gasteiger partial charge in [0, 0.05) is 35.5 Å². The molecular formula is C28H36N2O. The van der Waals surface area contributed by atoms with E-state index in [2.05, 4.69) is 75.3 Å². The smallest absolute Gasteiger partial charge is 0.198 e. The van der Waals surface area contributed by atoms with E-state index in [4.69, 9.17) is 0 Å². The van der Waals surface area contributed by atoms with Crippen molar-refractivity contribution in [3.05, 3.63) is 80.6 Å². The molecule has 0 saturated heterocycles. The van der Waals surface area contributed by atoms with Gasteiger partial charge in [0.05, 0.1) is 5.56 Å². The molecule has 31 heavy (non-hydrogen) atoms. The van der Waals surface area contributed by atoms with Gasteiger partial charge in [-0.05, 0) is 78.1 Å². The van der Waals surface area contributed by atoms with E-state index in [1.807, 2.05) is 13.2 Å². The maximum Gasteiger partial charge on any atom is 0.198 e. The molecule has 3 nitrogen and oxygen atoms in total. The molecule has 2 aromatic carbocycles. The predicted octanol–water partition coefficient (Wildman–Crippen LogP) is 6.45. The molecule has 0 aliphatic rings. The fourth-order valence-electron chi connectivity index (χ4n) is 4.59. The Morgan fingerprint density at radius 3 is 2.00 bits per heavy atom. The number of hydrogen-bond donors (Lipinski definition) is 1. The Morgan fingerprint density at radius 1 is 0.871 bits per heavy atom. The van der Waals surface area contributed by atoms with Gasteiger partial charge in [-0.25, -0.2) is 0 Å². The second-order valence-electron chi connectivity index (χ2n) is 8.23. The van der Waals surface area contributed by atoms with Gasteiger partial charge in [0.2, 0.25) is 0 Å². The first-order valence-electron chi connectivity index (χ1n) is 11.6. The number of hydrogen-bond acceptors (Lipinski definition) is 2. The molecule has 3 aromatic rings. The SMILES string of the molecule is C=C(c1c[nH]c2cc(CC)cc(CC)c2c1=O)N(C)c1cc(CC)c(CC)c(CC)c1. The monoisotopic (exact) mass is 416 g/mol. The number of fused-ring (bicyclic) bond motifs is 1. The molecule has 0 amide bonds. The van der Waals surface area contributed by atoms with Crippen LogP contribution in [0.15, 0.2) is 41.8 Å². The molecule has 0 aliphatic carbocycles. The van der Waals surface area contributed by atoms with Crippen LogP contribution in [-0.4, -0.2) is 12.0 Å². The quantitative estimate of drug-likeness (QED) is 0.458. The third kappa shape index (κ3) is 4.19. The maximum atomic E-state index is 13.5. The number of pyridine rings is 1. The van der Waals surface area contributed by atoms with Crippen molar-refractivity contribution in [3.8, 4) is 0 Å². The minimum atomic E-state index is 0.0571. The lowest BCUT2D eigenvalue weighted by atomic mass is 9.94. The second kappa shape index (κ2) is 9.55.